The third-order valence-corrected chi connectivity index (χ3v) is 4.21. The molecule has 24 heavy (non-hydrogen) atoms. The highest BCUT2D eigenvalue weighted by Gasteiger charge is 2.23. The lowest BCUT2D eigenvalue weighted by molar-refractivity contribution is 0.0529. The number of carbonyl (C=O) groups excluding carboxylic acids is 1. The molecule has 0 aliphatic carbocycles. The summed E-state index contributed by atoms with van der Waals surface area (Å²) in [6.45, 7) is 8.70. The van der Waals surface area contributed by atoms with Crippen LogP contribution in [0.15, 0.2) is 48.5 Å². The molecular formula is C21H23NO2. The first-order valence-electron chi connectivity index (χ1n) is 8.30. The van der Waals surface area contributed by atoms with Crippen molar-refractivity contribution in [2.75, 3.05) is 6.61 Å². The summed E-state index contributed by atoms with van der Waals surface area (Å²) >= 11 is 0. The topological polar surface area (TPSA) is 42.1 Å². The second-order valence-electron chi connectivity index (χ2n) is 6.97. The monoisotopic (exact) mass is 321 g/mol. The molecule has 2 aromatic carbocycles. The normalized spacial score (nSPS) is 11.7. The number of fused-ring (bicyclic) bond motifs is 1. The van der Waals surface area contributed by atoms with Crippen LogP contribution in [0.4, 0.5) is 0 Å². The Labute approximate surface area is 142 Å². The highest BCUT2D eigenvalue weighted by molar-refractivity contribution is 6.10. The molecule has 0 unspecified atom stereocenters. The molecular weight excluding hydrogens is 298 g/mol. The first kappa shape index (κ1) is 16.3. The number of aromatic nitrogens is 1. The maximum Gasteiger partial charge on any atom is 0.340 e. The molecule has 0 aliphatic heterocycles. The second kappa shape index (κ2) is 6.16. The molecule has 0 amide bonds. The Morgan fingerprint density at radius 2 is 1.79 bits per heavy atom. The highest BCUT2D eigenvalue weighted by atomic mass is 16.5. The van der Waals surface area contributed by atoms with Crippen molar-refractivity contribution in [2.45, 2.75) is 33.1 Å². The maximum atomic E-state index is 12.6. The van der Waals surface area contributed by atoms with E-state index in [1.165, 1.54) is 5.56 Å². The fourth-order valence-corrected chi connectivity index (χ4v) is 2.90. The van der Waals surface area contributed by atoms with Gasteiger partial charge in [0, 0.05) is 10.9 Å². The molecule has 3 nitrogen and oxygen atoms in total. The zero-order chi connectivity index (χ0) is 17.3. The van der Waals surface area contributed by atoms with Crippen LogP contribution in [0.1, 0.15) is 43.6 Å². The number of nitrogens with one attached hydrogen (secondary N) is 1. The van der Waals surface area contributed by atoms with Gasteiger partial charge in [-0.2, -0.15) is 0 Å². The molecule has 3 aromatic rings. The van der Waals surface area contributed by atoms with Crippen molar-refractivity contribution in [2.24, 2.45) is 0 Å². The van der Waals surface area contributed by atoms with Crippen LogP contribution in [-0.2, 0) is 10.2 Å². The average Bonchev–Trinajstić information content (AvgIpc) is 2.93. The van der Waals surface area contributed by atoms with E-state index in [-0.39, 0.29) is 11.4 Å². The van der Waals surface area contributed by atoms with Crippen molar-refractivity contribution in [3.63, 3.8) is 0 Å². The molecule has 0 saturated heterocycles. The smallest absolute Gasteiger partial charge is 0.340 e. The van der Waals surface area contributed by atoms with Gasteiger partial charge in [-0.3, -0.25) is 0 Å². The van der Waals surface area contributed by atoms with Crippen molar-refractivity contribution < 1.29 is 9.53 Å². The van der Waals surface area contributed by atoms with Crippen molar-refractivity contribution in [1.82, 2.24) is 4.98 Å². The van der Waals surface area contributed by atoms with Crippen molar-refractivity contribution in [1.29, 1.82) is 0 Å². The van der Waals surface area contributed by atoms with Crippen LogP contribution < -0.4 is 0 Å². The van der Waals surface area contributed by atoms with E-state index in [0.29, 0.717) is 12.2 Å². The van der Waals surface area contributed by atoms with E-state index in [1.54, 1.807) is 0 Å². The predicted octanol–water partition coefficient (Wildman–Crippen LogP) is 5.31. The fraction of sp³-hybridized carbons (Fsp3) is 0.286. The summed E-state index contributed by atoms with van der Waals surface area (Å²) in [5, 5.41) is 0.916. The molecule has 0 atom stereocenters. The summed E-state index contributed by atoms with van der Waals surface area (Å²) in [5.41, 5.74) is 4.57. The first-order valence-corrected chi connectivity index (χ1v) is 8.30. The first-order chi connectivity index (χ1) is 11.4. The van der Waals surface area contributed by atoms with Gasteiger partial charge in [-0.1, -0.05) is 57.2 Å². The summed E-state index contributed by atoms with van der Waals surface area (Å²) < 4.78 is 5.32. The SMILES string of the molecule is CCOC(=O)c1c(-c2ccccc2)[nH]c2ccc(C(C)(C)C)cc12. The average molecular weight is 321 g/mol. The largest absolute Gasteiger partial charge is 0.462 e. The number of benzene rings is 2. The van der Waals surface area contributed by atoms with Gasteiger partial charge in [-0.25, -0.2) is 4.79 Å². The quantitative estimate of drug-likeness (QED) is 0.664. The zero-order valence-corrected chi connectivity index (χ0v) is 14.6. The summed E-state index contributed by atoms with van der Waals surface area (Å²) in [6, 6.07) is 16.2. The van der Waals surface area contributed by atoms with Gasteiger partial charge in [0.25, 0.3) is 0 Å². The highest BCUT2D eigenvalue weighted by Crippen LogP contribution is 2.34. The van der Waals surface area contributed by atoms with Crippen LogP contribution >= 0.6 is 0 Å². The number of rotatable bonds is 3. The lowest BCUT2D eigenvalue weighted by atomic mass is 9.86. The minimum Gasteiger partial charge on any atom is -0.462 e. The van der Waals surface area contributed by atoms with Crippen LogP contribution in [-0.4, -0.2) is 17.6 Å². The number of carbonyl (C=O) groups is 1. The molecule has 1 aromatic heterocycles. The maximum absolute atomic E-state index is 12.6. The molecule has 1 N–H and O–H groups in total. The minimum atomic E-state index is -0.284. The van der Waals surface area contributed by atoms with E-state index in [1.807, 2.05) is 43.3 Å². The van der Waals surface area contributed by atoms with E-state index in [4.69, 9.17) is 4.74 Å². The van der Waals surface area contributed by atoms with Crippen LogP contribution in [0.25, 0.3) is 22.2 Å². The summed E-state index contributed by atoms with van der Waals surface area (Å²) in [6.07, 6.45) is 0. The van der Waals surface area contributed by atoms with Gasteiger partial charge in [0.2, 0.25) is 0 Å². The third-order valence-electron chi connectivity index (χ3n) is 4.21. The minimum absolute atomic E-state index is 0.0182. The molecule has 3 heteroatoms. The van der Waals surface area contributed by atoms with Gasteiger partial charge < -0.3 is 9.72 Å². The summed E-state index contributed by atoms with van der Waals surface area (Å²) in [7, 11) is 0. The van der Waals surface area contributed by atoms with E-state index in [9.17, 15) is 4.79 Å². The van der Waals surface area contributed by atoms with Gasteiger partial charge >= 0.3 is 5.97 Å². The van der Waals surface area contributed by atoms with E-state index < -0.39 is 0 Å². The number of H-pyrrole nitrogens is 1. The van der Waals surface area contributed by atoms with E-state index >= 15 is 0 Å². The third kappa shape index (κ3) is 2.94. The van der Waals surface area contributed by atoms with Crippen LogP contribution in [0.3, 0.4) is 0 Å². The van der Waals surface area contributed by atoms with Gasteiger partial charge in [0.1, 0.15) is 0 Å². The fourth-order valence-electron chi connectivity index (χ4n) is 2.90. The number of ether oxygens (including phenoxy) is 1. The molecule has 0 bridgehead atoms. The van der Waals surface area contributed by atoms with E-state index in [0.717, 1.165) is 22.2 Å². The number of hydrogen-bond donors (Lipinski definition) is 1. The molecule has 0 radical (unpaired) electrons. The summed E-state index contributed by atoms with van der Waals surface area (Å²) in [5.74, 6) is -0.284. The Kier molecular flexibility index (Phi) is 4.18. The van der Waals surface area contributed by atoms with Gasteiger partial charge in [0.15, 0.2) is 0 Å². The van der Waals surface area contributed by atoms with Crippen molar-refractivity contribution in [3.05, 3.63) is 59.7 Å². The van der Waals surface area contributed by atoms with Gasteiger partial charge in [-0.15, -0.1) is 0 Å². The standard InChI is InChI=1S/C21H23NO2/c1-5-24-20(23)18-16-13-15(21(2,3)4)11-12-17(16)22-19(18)14-9-7-6-8-10-14/h6-13,22H,5H2,1-4H3. The molecule has 124 valence electrons. The predicted molar refractivity (Wildman–Crippen MR) is 98.4 cm³/mol. The zero-order valence-electron chi connectivity index (χ0n) is 14.6. The molecule has 1 heterocycles. The number of esters is 1. The van der Waals surface area contributed by atoms with Crippen LogP contribution in [0.2, 0.25) is 0 Å². The van der Waals surface area contributed by atoms with Crippen molar-refractivity contribution >= 4 is 16.9 Å². The lowest BCUT2D eigenvalue weighted by Gasteiger charge is -2.19. The molecule has 0 saturated carbocycles. The number of hydrogen-bond acceptors (Lipinski definition) is 2. The molecule has 3 rings (SSSR count). The van der Waals surface area contributed by atoms with Gasteiger partial charge in [-0.05, 0) is 35.6 Å². The molecule has 0 aliphatic rings. The Balaban J connectivity index is 2.28. The molecule has 0 spiro atoms. The van der Waals surface area contributed by atoms with E-state index in [2.05, 4.69) is 37.9 Å². The van der Waals surface area contributed by atoms with Crippen LogP contribution in [0.5, 0.6) is 0 Å². The Morgan fingerprint density at radius 3 is 2.42 bits per heavy atom. The van der Waals surface area contributed by atoms with Gasteiger partial charge in [0.05, 0.1) is 17.9 Å². The Hall–Kier alpha value is -2.55. The lowest BCUT2D eigenvalue weighted by Crippen LogP contribution is -2.11. The Morgan fingerprint density at radius 1 is 1.08 bits per heavy atom. The number of aromatic amines is 1. The molecule has 0 fully saturated rings. The second-order valence-corrected chi connectivity index (χ2v) is 6.97. The van der Waals surface area contributed by atoms with Crippen molar-refractivity contribution in [3.8, 4) is 11.3 Å². The summed E-state index contributed by atoms with van der Waals surface area (Å²) in [4.78, 5) is 16.0. The van der Waals surface area contributed by atoms with Crippen LogP contribution in [0, 0.1) is 0 Å². The Bertz CT molecular complexity index is 870.